The van der Waals surface area contributed by atoms with Crippen molar-refractivity contribution in [2.24, 2.45) is 10.2 Å². The molecule has 0 N–H and O–H groups in total. The number of benzene rings is 1. The highest BCUT2D eigenvalue weighted by Crippen LogP contribution is 2.18. The predicted molar refractivity (Wildman–Crippen MR) is 89.9 cm³/mol. The number of halogens is 1. The SMILES string of the molecule is O=[N+]([O-])c1ccc(N=NCc2cccn2-c2ccc(Cl)cc2)nc1. The Balaban J connectivity index is 1.72. The van der Waals surface area contributed by atoms with Crippen LogP contribution in [0.3, 0.4) is 0 Å². The summed E-state index contributed by atoms with van der Waals surface area (Å²) in [5.41, 5.74) is 1.84. The standard InChI is InChI=1S/C16H12ClN5O2/c17-12-3-5-13(6-4-12)21-9-1-2-14(21)11-19-20-16-8-7-15(10-18-16)22(23)24/h1-10H,11H2. The Labute approximate surface area is 142 Å². The number of hydrogen-bond acceptors (Lipinski definition) is 5. The first-order chi connectivity index (χ1) is 11.6. The van der Waals surface area contributed by atoms with Crippen LogP contribution in [0.1, 0.15) is 5.69 Å². The Hall–Kier alpha value is -3.06. The third kappa shape index (κ3) is 3.64. The molecule has 24 heavy (non-hydrogen) atoms. The number of nitro groups is 1. The average Bonchev–Trinajstić information content (AvgIpc) is 3.04. The van der Waals surface area contributed by atoms with Gasteiger partial charge in [-0.3, -0.25) is 10.1 Å². The number of rotatable bonds is 5. The second kappa shape index (κ2) is 7.01. The minimum Gasteiger partial charge on any atom is -0.319 e. The molecule has 0 aliphatic rings. The molecule has 0 radical (unpaired) electrons. The lowest BCUT2D eigenvalue weighted by molar-refractivity contribution is -0.385. The van der Waals surface area contributed by atoms with Crippen molar-refractivity contribution in [3.8, 4) is 5.69 Å². The second-order valence-corrected chi connectivity index (χ2v) is 5.31. The summed E-state index contributed by atoms with van der Waals surface area (Å²) in [4.78, 5) is 14.0. The summed E-state index contributed by atoms with van der Waals surface area (Å²) in [6.07, 6.45) is 3.09. The van der Waals surface area contributed by atoms with E-state index >= 15 is 0 Å². The summed E-state index contributed by atoms with van der Waals surface area (Å²) in [5.74, 6) is 0.324. The van der Waals surface area contributed by atoms with Crippen LogP contribution in [0.4, 0.5) is 11.5 Å². The number of aromatic nitrogens is 2. The lowest BCUT2D eigenvalue weighted by atomic mass is 10.3. The van der Waals surface area contributed by atoms with Crippen molar-refractivity contribution in [3.63, 3.8) is 0 Å². The molecule has 0 spiro atoms. The lowest BCUT2D eigenvalue weighted by Gasteiger charge is -2.07. The van der Waals surface area contributed by atoms with Crippen molar-refractivity contribution in [2.45, 2.75) is 6.54 Å². The zero-order chi connectivity index (χ0) is 16.9. The molecule has 7 nitrogen and oxygen atoms in total. The van der Waals surface area contributed by atoms with Crippen molar-refractivity contribution in [2.75, 3.05) is 0 Å². The van der Waals surface area contributed by atoms with Gasteiger partial charge in [0.05, 0.1) is 4.92 Å². The highest BCUT2D eigenvalue weighted by molar-refractivity contribution is 6.30. The summed E-state index contributed by atoms with van der Waals surface area (Å²) in [5, 5.41) is 19.3. The molecule has 8 heteroatoms. The maximum atomic E-state index is 10.6. The van der Waals surface area contributed by atoms with E-state index in [4.69, 9.17) is 11.6 Å². The Kier molecular flexibility index (Phi) is 4.62. The van der Waals surface area contributed by atoms with Gasteiger partial charge in [-0.25, -0.2) is 4.98 Å². The molecule has 0 fully saturated rings. The van der Waals surface area contributed by atoms with E-state index in [0.717, 1.165) is 17.6 Å². The lowest BCUT2D eigenvalue weighted by Crippen LogP contribution is -1.97. The quantitative estimate of drug-likeness (QED) is 0.382. The molecule has 1 aromatic carbocycles. The summed E-state index contributed by atoms with van der Waals surface area (Å²) >= 11 is 5.90. The molecule has 120 valence electrons. The van der Waals surface area contributed by atoms with E-state index < -0.39 is 4.92 Å². The normalized spacial score (nSPS) is 11.0. The van der Waals surface area contributed by atoms with Crippen molar-refractivity contribution in [3.05, 3.63) is 81.8 Å². The van der Waals surface area contributed by atoms with Crippen LogP contribution in [0, 0.1) is 10.1 Å². The van der Waals surface area contributed by atoms with E-state index in [1.54, 1.807) is 0 Å². The summed E-state index contributed by atoms with van der Waals surface area (Å²) in [6, 6.07) is 14.1. The van der Waals surface area contributed by atoms with Gasteiger partial charge in [0.2, 0.25) is 0 Å². The Morgan fingerprint density at radius 3 is 2.62 bits per heavy atom. The van der Waals surface area contributed by atoms with Crippen LogP contribution in [0.2, 0.25) is 5.02 Å². The topological polar surface area (TPSA) is 85.7 Å². The number of hydrogen-bond donors (Lipinski definition) is 0. The van der Waals surface area contributed by atoms with Gasteiger partial charge in [0.15, 0.2) is 5.82 Å². The fourth-order valence-corrected chi connectivity index (χ4v) is 2.25. The largest absolute Gasteiger partial charge is 0.319 e. The molecule has 0 bridgehead atoms. The smallest absolute Gasteiger partial charge is 0.287 e. The first kappa shape index (κ1) is 15.8. The highest BCUT2D eigenvalue weighted by atomic mass is 35.5. The Morgan fingerprint density at radius 1 is 1.17 bits per heavy atom. The molecule has 0 aliphatic heterocycles. The fraction of sp³-hybridized carbons (Fsp3) is 0.0625. The van der Waals surface area contributed by atoms with Crippen LogP contribution in [-0.2, 0) is 6.54 Å². The van der Waals surface area contributed by atoms with Gasteiger partial charge in [-0.1, -0.05) is 11.6 Å². The highest BCUT2D eigenvalue weighted by Gasteiger charge is 2.05. The van der Waals surface area contributed by atoms with E-state index in [9.17, 15) is 10.1 Å². The van der Waals surface area contributed by atoms with E-state index in [1.165, 1.54) is 12.1 Å². The monoisotopic (exact) mass is 341 g/mol. The van der Waals surface area contributed by atoms with Crippen molar-refractivity contribution in [1.82, 2.24) is 9.55 Å². The van der Waals surface area contributed by atoms with Gasteiger partial charge in [-0.05, 0) is 42.5 Å². The molecule has 0 saturated heterocycles. The Morgan fingerprint density at radius 2 is 1.96 bits per heavy atom. The van der Waals surface area contributed by atoms with E-state index in [1.807, 2.05) is 47.2 Å². The molecule has 0 saturated carbocycles. The van der Waals surface area contributed by atoms with Gasteiger partial charge < -0.3 is 4.57 Å². The molecule has 0 amide bonds. The van der Waals surface area contributed by atoms with Gasteiger partial charge in [0, 0.05) is 28.7 Å². The molecule has 3 rings (SSSR count). The van der Waals surface area contributed by atoms with Crippen LogP contribution < -0.4 is 0 Å². The van der Waals surface area contributed by atoms with Gasteiger partial charge >= 0.3 is 0 Å². The van der Waals surface area contributed by atoms with Gasteiger partial charge in [-0.15, -0.1) is 5.11 Å². The molecule has 0 unspecified atom stereocenters. The minimum atomic E-state index is -0.507. The maximum absolute atomic E-state index is 10.6. The molecule has 2 heterocycles. The third-order valence-corrected chi connectivity index (χ3v) is 3.54. The van der Waals surface area contributed by atoms with E-state index in [2.05, 4.69) is 15.2 Å². The maximum Gasteiger partial charge on any atom is 0.287 e. The second-order valence-electron chi connectivity index (χ2n) is 4.88. The molecule has 3 aromatic rings. The van der Waals surface area contributed by atoms with Crippen LogP contribution >= 0.6 is 11.6 Å². The zero-order valence-corrected chi connectivity index (χ0v) is 13.2. The predicted octanol–water partition coefficient (Wildman–Crippen LogP) is 4.72. The van der Waals surface area contributed by atoms with Crippen LogP contribution in [0.15, 0.2) is 71.2 Å². The van der Waals surface area contributed by atoms with Crippen molar-refractivity contribution >= 4 is 23.1 Å². The van der Waals surface area contributed by atoms with Crippen LogP contribution in [-0.4, -0.2) is 14.5 Å². The first-order valence-corrected chi connectivity index (χ1v) is 7.41. The number of pyridine rings is 1. The van der Waals surface area contributed by atoms with Gasteiger partial charge in [0.1, 0.15) is 12.7 Å². The summed E-state index contributed by atoms with van der Waals surface area (Å²) in [7, 11) is 0. The van der Waals surface area contributed by atoms with Crippen LogP contribution in [0.25, 0.3) is 5.69 Å². The Bertz CT molecular complexity index is 872. The molecular weight excluding hydrogens is 330 g/mol. The van der Waals surface area contributed by atoms with Gasteiger partial charge in [0.25, 0.3) is 5.69 Å². The van der Waals surface area contributed by atoms with Crippen LogP contribution in [0.5, 0.6) is 0 Å². The minimum absolute atomic E-state index is 0.0782. The summed E-state index contributed by atoms with van der Waals surface area (Å²) in [6.45, 7) is 0.355. The molecule has 0 atom stereocenters. The molecular formula is C16H12ClN5O2. The first-order valence-electron chi connectivity index (χ1n) is 7.03. The number of azo groups is 1. The van der Waals surface area contributed by atoms with Crippen molar-refractivity contribution < 1.29 is 4.92 Å². The zero-order valence-electron chi connectivity index (χ0n) is 12.4. The van der Waals surface area contributed by atoms with Gasteiger partial charge in [-0.2, -0.15) is 5.11 Å². The van der Waals surface area contributed by atoms with E-state index in [-0.39, 0.29) is 5.69 Å². The van der Waals surface area contributed by atoms with Crippen molar-refractivity contribution in [1.29, 1.82) is 0 Å². The fourth-order valence-electron chi connectivity index (χ4n) is 2.12. The van der Waals surface area contributed by atoms with E-state index in [0.29, 0.717) is 17.4 Å². The number of nitrogens with zero attached hydrogens (tertiary/aromatic N) is 5. The third-order valence-electron chi connectivity index (χ3n) is 3.29. The molecule has 2 aromatic heterocycles. The summed E-state index contributed by atoms with van der Waals surface area (Å²) < 4.78 is 1.98. The molecule has 0 aliphatic carbocycles. The average molecular weight is 342 g/mol.